The van der Waals surface area contributed by atoms with Crippen molar-refractivity contribution in [2.24, 2.45) is 0 Å². The van der Waals surface area contributed by atoms with Gasteiger partial charge >= 0.3 is 12.1 Å². The molecule has 0 aliphatic carbocycles. The highest BCUT2D eigenvalue weighted by molar-refractivity contribution is 6.36. The lowest BCUT2D eigenvalue weighted by atomic mass is 10.1. The fourth-order valence-corrected chi connectivity index (χ4v) is 2.63. The number of rotatable bonds is 4. The summed E-state index contributed by atoms with van der Waals surface area (Å²) in [7, 11) is 0. The van der Waals surface area contributed by atoms with E-state index in [2.05, 4.69) is 4.74 Å². The summed E-state index contributed by atoms with van der Waals surface area (Å²) >= 11 is 16.9. The molecule has 0 unspecified atom stereocenters. The fourth-order valence-electron chi connectivity index (χ4n) is 1.95. The Morgan fingerprint density at radius 3 is 2.33 bits per heavy atom. The van der Waals surface area contributed by atoms with E-state index in [-0.39, 0.29) is 15.1 Å². The van der Waals surface area contributed by atoms with Gasteiger partial charge in [0.15, 0.2) is 6.61 Å². The molecule has 4 nitrogen and oxygen atoms in total. The molecule has 0 bridgehead atoms. The van der Waals surface area contributed by atoms with Crippen LogP contribution in [0.5, 0.6) is 0 Å². The molecule has 0 aliphatic heterocycles. The highest BCUT2D eigenvalue weighted by Crippen LogP contribution is 2.38. The van der Waals surface area contributed by atoms with E-state index in [0.29, 0.717) is 6.07 Å². The maximum absolute atomic E-state index is 13.4. The molecule has 0 atom stereocenters. The van der Waals surface area contributed by atoms with Crippen LogP contribution in [-0.4, -0.2) is 18.5 Å². The third kappa shape index (κ3) is 5.24. The molecular weight excluding hydrogens is 437 g/mol. The number of anilines is 1. The largest absolute Gasteiger partial charge is 0.452 e. The molecule has 2 aromatic rings. The lowest BCUT2D eigenvalue weighted by Gasteiger charge is -2.15. The highest BCUT2D eigenvalue weighted by atomic mass is 35.5. The van der Waals surface area contributed by atoms with Gasteiger partial charge in [-0.1, -0.05) is 40.9 Å². The highest BCUT2D eigenvalue weighted by Gasteiger charge is 2.34. The first-order chi connectivity index (χ1) is 12.5. The van der Waals surface area contributed by atoms with Crippen molar-refractivity contribution in [2.45, 2.75) is 6.18 Å². The zero-order valence-corrected chi connectivity index (χ0v) is 15.2. The van der Waals surface area contributed by atoms with Crippen LogP contribution >= 0.6 is 34.8 Å². The molecule has 0 radical (unpaired) electrons. The number of carbonyl (C=O) groups is 2. The number of alkyl halides is 3. The van der Waals surface area contributed by atoms with Crippen LogP contribution in [0.4, 0.5) is 23.2 Å². The van der Waals surface area contributed by atoms with Crippen molar-refractivity contribution in [2.75, 3.05) is 11.9 Å². The Labute approximate surface area is 165 Å². The summed E-state index contributed by atoms with van der Waals surface area (Å²) in [5.41, 5.74) is -2.25. The molecule has 0 fully saturated rings. The van der Waals surface area contributed by atoms with Crippen molar-refractivity contribution >= 4 is 52.4 Å². The Morgan fingerprint density at radius 1 is 1.04 bits per heavy atom. The number of nitrogens with one attached hydrogen (secondary N) is 1. The number of amides is 1. The average molecular weight is 445 g/mol. The van der Waals surface area contributed by atoms with Crippen molar-refractivity contribution in [3.8, 4) is 0 Å². The Morgan fingerprint density at radius 2 is 1.70 bits per heavy atom. The molecule has 1 amide bonds. The molecule has 0 saturated carbocycles. The van der Waals surface area contributed by atoms with Crippen LogP contribution < -0.4 is 5.32 Å². The molecule has 0 aliphatic rings. The van der Waals surface area contributed by atoms with Gasteiger partial charge in [-0.15, -0.1) is 0 Å². The summed E-state index contributed by atoms with van der Waals surface area (Å²) in [6.07, 6.45) is -4.77. The number of halogens is 7. The summed E-state index contributed by atoms with van der Waals surface area (Å²) in [4.78, 5) is 23.7. The van der Waals surface area contributed by atoms with Crippen molar-refractivity contribution in [1.82, 2.24) is 0 Å². The summed E-state index contributed by atoms with van der Waals surface area (Å²) in [6, 6.07) is 4.62. The molecule has 0 heterocycles. The van der Waals surface area contributed by atoms with Gasteiger partial charge in [-0.2, -0.15) is 13.2 Å². The lowest BCUT2D eigenvalue weighted by Crippen LogP contribution is -2.23. The normalized spacial score (nSPS) is 11.2. The molecular formula is C16H8Cl3F4NO3. The Kier molecular flexibility index (Phi) is 6.56. The fraction of sp³-hybridized carbons (Fsp3) is 0.125. The average Bonchev–Trinajstić information content (AvgIpc) is 2.56. The van der Waals surface area contributed by atoms with Crippen LogP contribution in [0.2, 0.25) is 15.1 Å². The molecule has 0 spiro atoms. The van der Waals surface area contributed by atoms with E-state index in [1.165, 1.54) is 0 Å². The van der Waals surface area contributed by atoms with Gasteiger partial charge in [0.05, 0.1) is 31.9 Å². The van der Waals surface area contributed by atoms with Crippen LogP contribution in [-0.2, 0) is 15.7 Å². The Balaban J connectivity index is 2.10. The predicted molar refractivity (Wildman–Crippen MR) is 91.8 cm³/mol. The summed E-state index contributed by atoms with van der Waals surface area (Å²) in [5, 5.41) is 1.03. The zero-order chi connectivity index (χ0) is 20.4. The van der Waals surface area contributed by atoms with Gasteiger partial charge in [0.2, 0.25) is 0 Å². The SMILES string of the molecule is O=C(COC(=O)c1cc(F)c(Cl)cc1Cl)Nc1c(Cl)cccc1C(F)(F)F. The number of esters is 1. The van der Waals surface area contributed by atoms with Crippen LogP contribution in [0.1, 0.15) is 15.9 Å². The quantitative estimate of drug-likeness (QED) is 0.379. The Hall–Kier alpha value is -2.03. The first-order valence-corrected chi connectivity index (χ1v) is 8.11. The summed E-state index contributed by atoms with van der Waals surface area (Å²) in [5.74, 6) is -3.20. The van der Waals surface area contributed by atoms with Gasteiger partial charge in [-0.3, -0.25) is 4.79 Å². The number of ether oxygens (including phenoxy) is 1. The van der Waals surface area contributed by atoms with Gasteiger partial charge in [0.1, 0.15) is 5.82 Å². The lowest BCUT2D eigenvalue weighted by molar-refractivity contribution is -0.137. The van der Waals surface area contributed by atoms with Gasteiger partial charge in [0.25, 0.3) is 5.91 Å². The third-order valence-corrected chi connectivity index (χ3v) is 4.06. The van der Waals surface area contributed by atoms with E-state index < -0.39 is 47.3 Å². The predicted octanol–water partition coefficient (Wildman–Crippen LogP) is 5.60. The van der Waals surface area contributed by atoms with Gasteiger partial charge < -0.3 is 10.1 Å². The number of benzene rings is 2. The molecule has 11 heteroatoms. The molecule has 0 aromatic heterocycles. The zero-order valence-electron chi connectivity index (χ0n) is 13.0. The first kappa shape index (κ1) is 21.3. The van der Waals surface area contributed by atoms with Crippen LogP contribution in [0.15, 0.2) is 30.3 Å². The van der Waals surface area contributed by atoms with Gasteiger partial charge in [0, 0.05) is 0 Å². The minimum Gasteiger partial charge on any atom is -0.452 e. The third-order valence-electron chi connectivity index (χ3n) is 3.15. The standard InChI is InChI=1S/C16H8Cl3F4NO3/c17-9-3-1-2-8(16(21,22)23)14(9)24-13(25)6-27-15(26)7-4-12(20)11(19)5-10(7)18/h1-5H,6H2,(H,24,25). The second kappa shape index (κ2) is 8.33. The van der Waals surface area contributed by atoms with E-state index in [9.17, 15) is 27.2 Å². The van der Waals surface area contributed by atoms with E-state index in [1.54, 1.807) is 0 Å². The summed E-state index contributed by atoms with van der Waals surface area (Å²) < 4.78 is 57.0. The van der Waals surface area contributed by atoms with Crippen molar-refractivity contribution in [1.29, 1.82) is 0 Å². The second-order valence-corrected chi connectivity index (χ2v) is 6.25. The van der Waals surface area contributed by atoms with Crippen molar-refractivity contribution in [3.05, 3.63) is 62.3 Å². The van der Waals surface area contributed by atoms with E-state index in [1.807, 2.05) is 5.32 Å². The second-order valence-electron chi connectivity index (χ2n) is 5.03. The summed E-state index contributed by atoms with van der Waals surface area (Å²) in [6.45, 7) is -0.956. The number of para-hydroxylation sites is 1. The van der Waals surface area contributed by atoms with Crippen molar-refractivity contribution < 1.29 is 31.9 Å². The minimum absolute atomic E-state index is 0.225. The molecule has 2 aromatic carbocycles. The monoisotopic (exact) mass is 443 g/mol. The Bertz CT molecular complexity index is 903. The first-order valence-electron chi connectivity index (χ1n) is 6.98. The maximum Gasteiger partial charge on any atom is 0.418 e. The van der Waals surface area contributed by atoms with Crippen molar-refractivity contribution in [3.63, 3.8) is 0 Å². The van der Waals surface area contributed by atoms with E-state index in [4.69, 9.17) is 34.8 Å². The minimum atomic E-state index is -4.77. The molecule has 2 rings (SSSR count). The van der Waals surface area contributed by atoms with Crippen LogP contribution in [0.25, 0.3) is 0 Å². The van der Waals surface area contributed by atoms with E-state index in [0.717, 1.165) is 24.3 Å². The molecule has 27 heavy (non-hydrogen) atoms. The topological polar surface area (TPSA) is 55.4 Å². The smallest absolute Gasteiger partial charge is 0.418 e. The number of carbonyl (C=O) groups excluding carboxylic acids is 2. The van der Waals surface area contributed by atoms with E-state index >= 15 is 0 Å². The number of hydrogen-bond donors (Lipinski definition) is 1. The maximum atomic E-state index is 13.4. The number of hydrogen-bond acceptors (Lipinski definition) is 3. The molecule has 1 N–H and O–H groups in total. The molecule has 0 saturated heterocycles. The molecule has 144 valence electrons. The van der Waals surface area contributed by atoms with Gasteiger partial charge in [-0.05, 0) is 24.3 Å². The van der Waals surface area contributed by atoms with Crippen LogP contribution in [0, 0.1) is 5.82 Å². The van der Waals surface area contributed by atoms with Crippen LogP contribution in [0.3, 0.4) is 0 Å². The van der Waals surface area contributed by atoms with Gasteiger partial charge in [-0.25, -0.2) is 9.18 Å².